The second-order valence-electron chi connectivity index (χ2n) is 9.03. The van der Waals surface area contributed by atoms with E-state index in [1.54, 1.807) is 0 Å². The van der Waals surface area contributed by atoms with E-state index >= 15 is 0 Å². The summed E-state index contributed by atoms with van der Waals surface area (Å²) in [6, 6.07) is 0. The summed E-state index contributed by atoms with van der Waals surface area (Å²) >= 11 is 0. The van der Waals surface area contributed by atoms with Crippen LogP contribution in [0.1, 0.15) is 84.0 Å². The number of rotatable bonds is 6. The predicted octanol–water partition coefficient (Wildman–Crippen LogP) is 4.01. The first-order chi connectivity index (χ1) is 13.0. The molecule has 27 heavy (non-hydrogen) atoms. The molecule has 0 radical (unpaired) electrons. The van der Waals surface area contributed by atoms with E-state index in [1.165, 1.54) is 45.4 Å². The molecule has 3 aliphatic rings. The van der Waals surface area contributed by atoms with Crippen LogP contribution in [0.15, 0.2) is 0 Å². The van der Waals surface area contributed by atoms with Crippen LogP contribution in [0.5, 0.6) is 0 Å². The summed E-state index contributed by atoms with van der Waals surface area (Å²) in [7, 11) is 0. The highest BCUT2D eigenvalue weighted by molar-refractivity contribution is 5.69. The van der Waals surface area contributed by atoms with Crippen LogP contribution in [-0.2, 0) is 19.1 Å². The lowest BCUT2D eigenvalue weighted by Crippen LogP contribution is -2.36. The number of esters is 2. The van der Waals surface area contributed by atoms with Gasteiger partial charge < -0.3 is 14.6 Å². The summed E-state index contributed by atoms with van der Waals surface area (Å²) in [6.45, 7) is 1.67. The number of ether oxygens (including phenoxy) is 2. The summed E-state index contributed by atoms with van der Waals surface area (Å²) in [5, 5.41) is 9.89. The van der Waals surface area contributed by atoms with E-state index in [1.807, 2.05) is 0 Å². The highest BCUT2D eigenvalue weighted by atomic mass is 16.5. The summed E-state index contributed by atoms with van der Waals surface area (Å²) in [4.78, 5) is 22.6. The van der Waals surface area contributed by atoms with E-state index < -0.39 is 0 Å². The van der Waals surface area contributed by atoms with Crippen LogP contribution in [0.2, 0.25) is 0 Å². The molecule has 0 amide bonds. The molecule has 0 aromatic rings. The van der Waals surface area contributed by atoms with E-state index in [-0.39, 0.29) is 30.8 Å². The second kappa shape index (κ2) is 9.90. The zero-order valence-corrected chi connectivity index (χ0v) is 16.7. The normalized spacial score (nSPS) is 36.5. The van der Waals surface area contributed by atoms with Crippen molar-refractivity contribution in [2.75, 3.05) is 6.61 Å². The van der Waals surface area contributed by atoms with E-state index in [0.29, 0.717) is 12.8 Å². The molecular formula is C22H36O5. The standard InChI is InChI=1S/C22H36O5/c1-15(23)26-12-2-3-22(25)27-21-10-7-16(8-11-21)17-4-5-19-14-20(24)9-6-18(19)13-17/h16-21,24H,2-14H2,1H3. The zero-order valence-electron chi connectivity index (χ0n) is 16.7. The van der Waals surface area contributed by atoms with Crippen molar-refractivity contribution in [3.05, 3.63) is 0 Å². The van der Waals surface area contributed by atoms with Crippen LogP contribution in [0.25, 0.3) is 0 Å². The number of aliphatic hydroxyl groups excluding tert-OH is 1. The quantitative estimate of drug-likeness (QED) is 0.557. The molecule has 0 aliphatic heterocycles. The number of carbonyl (C=O) groups excluding carboxylic acids is 2. The summed E-state index contributed by atoms with van der Waals surface area (Å²) in [6.07, 6.45) is 12.4. The fraction of sp³-hybridized carbons (Fsp3) is 0.909. The second-order valence-corrected chi connectivity index (χ2v) is 9.03. The third-order valence-electron chi connectivity index (χ3n) is 7.14. The minimum Gasteiger partial charge on any atom is -0.466 e. The van der Waals surface area contributed by atoms with Crippen LogP contribution in [-0.4, -0.2) is 35.9 Å². The van der Waals surface area contributed by atoms with Crippen LogP contribution in [0, 0.1) is 23.7 Å². The van der Waals surface area contributed by atoms with E-state index in [9.17, 15) is 14.7 Å². The van der Waals surface area contributed by atoms with Crippen molar-refractivity contribution in [1.82, 2.24) is 0 Å². The predicted molar refractivity (Wildman–Crippen MR) is 102 cm³/mol. The maximum atomic E-state index is 11.9. The van der Waals surface area contributed by atoms with E-state index in [4.69, 9.17) is 9.47 Å². The van der Waals surface area contributed by atoms with E-state index in [2.05, 4.69) is 0 Å². The Labute approximate surface area is 163 Å². The maximum Gasteiger partial charge on any atom is 0.306 e. The molecule has 0 aromatic carbocycles. The Hall–Kier alpha value is -1.10. The van der Waals surface area contributed by atoms with Crippen LogP contribution in [0.4, 0.5) is 0 Å². The topological polar surface area (TPSA) is 72.8 Å². The third-order valence-corrected chi connectivity index (χ3v) is 7.14. The van der Waals surface area contributed by atoms with Gasteiger partial charge in [-0.25, -0.2) is 0 Å². The van der Waals surface area contributed by atoms with Crippen molar-refractivity contribution in [1.29, 1.82) is 0 Å². The molecule has 0 heterocycles. The van der Waals surface area contributed by atoms with Gasteiger partial charge >= 0.3 is 11.9 Å². The number of aliphatic hydroxyl groups is 1. The van der Waals surface area contributed by atoms with Crippen LogP contribution < -0.4 is 0 Å². The molecule has 0 saturated heterocycles. The molecule has 1 N–H and O–H groups in total. The van der Waals surface area contributed by atoms with Gasteiger partial charge in [0.25, 0.3) is 0 Å². The lowest BCUT2D eigenvalue weighted by Gasteiger charge is -2.44. The molecular weight excluding hydrogens is 344 g/mol. The third kappa shape index (κ3) is 6.20. The number of hydrogen-bond acceptors (Lipinski definition) is 5. The van der Waals surface area contributed by atoms with Gasteiger partial charge in [0.05, 0.1) is 12.7 Å². The molecule has 5 nitrogen and oxygen atoms in total. The minimum atomic E-state index is -0.305. The summed E-state index contributed by atoms with van der Waals surface area (Å²) < 4.78 is 10.5. The smallest absolute Gasteiger partial charge is 0.306 e. The number of carbonyl (C=O) groups is 2. The van der Waals surface area contributed by atoms with Crippen molar-refractivity contribution in [2.45, 2.75) is 96.2 Å². The van der Waals surface area contributed by atoms with Gasteiger partial charge in [-0.3, -0.25) is 9.59 Å². The van der Waals surface area contributed by atoms with Gasteiger partial charge in [0, 0.05) is 13.3 Å². The largest absolute Gasteiger partial charge is 0.466 e. The summed E-state index contributed by atoms with van der Waals surface area (Å²) in [5.74, 6) is 2.75. The molecule has 4 unspecified atom stereocenters. The first-order valence-corrected chi connectivity index (χ1v) is 11.0. The van der Waals surface area contributed by atoms with Crippen LogP contribution in [0.3, 0.4) is 0 Å². The SMILES string of the molecule is CC(=O)OCCCC(=O)OC1CCC(C2CCC3CC(O)CCC3C2)CC1. The van der Waals surface area contributed by atoms with Gasteiger partial charge in [0.2, 0.25) is 0 Å². The van der Waals surface area contributed by atoms with Gasteiger partial charge in [-0.05, 0) is 94.3 Å². The zero-order chi connectivity index (χ0) is 19.2. The van der Waals surface area contributed by atoms with Crippen LogP contribution >= 0.6 is 0 Å². The fourth-order valence-electron chi connectivity index (χ4n) is 5.68. The average Bonchev–Trinajstić information content (AvgIpc) is 2.65. The Kier molecular flexibility index (Phi) is 7.57. The van der Waals surface area contributed by atoms with Crippen molar-refractivity contribution >= 4 is 11.9 Å². The molecule has 154 valence electrons. The lowest BCUT2D eigenvalue weighted by atomic mass is 9.62. The van der Waals surface area contributed by atoms with Gasteiger partial charge in [-0.1, -0.05) is 0 Å². The van der Waals surface area contributed by atoms with Gasteiger partial charge in [0.15, 0.2) is 0 Å². The molecule has 5 heteroatoms. The van der Waals surface area contributed by atoms with Gasteiger partial charge in [-0.2, -0.15) is 0 Å². The Morgan fingerprint density at radius 1 is 0.852 bits per heavy atom. The maximum absolute atomic E-state index is 11.9. The highest BCUT2D eigenvalue weighted by Crippen LogP contribution is 2.47. The van der Waals surface area contributed by atoms with Gasteiger partial charge in [0.1, 0.15) is 6.10 Å². The fourth-order valence-corrected chi connectivity index (χ4v) is 5.68. The van der Waals surface area contributed by atoms with E-state index in [0.717, 1.165) is 49.4 Å². The Balaban J connectivity index is 1.33. The van der Waals surface area contributed by atoms with Gasteiger partial charge in [-0.15, -0.1) is 0 Å². The molecule has 0 aromatic heterocycles. The molecule has 3 aliphatic carbocycles. The van der Waals surface area contributed by atoms with Crippen molar-refractivity contribution in [3.63, 3.8) is 0 Å². The first-order valence-electron chi connectivity index (χ1n) is 11.0. The number of fused-ring (bicyclic) bond motifs is 1. The molecule has 3 rings (SSSR count). The highest BCUT2D eigenvalue weighted by Gasteiger charge is 2.38. The van der Waals surface area contributed by atoms with Crippen molar-refractivity contribution in [3.8, 4) is 0 Å². The average molecular weight is 381 g/mol. The molecule has 0 spiro atoms. The first kappa shape index (κ1) is 20.6. The number of hydrogen-bond donors (Lipinski definition) is 1. The molecule has 3 saturated carbocycles. The van der Waals surface area contributed by atoms with Crippen molar-refractivity contribution < 1.29 is 24.2 Å². The Bertz CT molecular complexity index is 497. The Morgan fingerprint density at radius 2 is 1.44 bits per heavy atom. The molecule has 0 bridgehead atoms. The monoisotopic (exact) mass is 380 g/mol. The summed E-state index contributed by atoms with van der Waals surface area (Å²) in [5.41, 5.74) is 0. The van der Waals surface area contributed by atoms with Crippen molar-refractivity contribution in [2.24, 2.45) is 23.7 Å². The molecule has 3 fully saturated rings. The lowest BCUT2D eigenvalue weighted by molar-refractivity contribution is -0.152. The minimum absolute atomic E-state index is 0.0538. The molecule has 4 atom stereocenters. The Morgan fingerprint density at radius 3 is 2.15 bits per heavy atom.